The number of aryl methyl sites for hydroxylation is 1. The first-order chi connectivity index (χ1) is 12.0. The maximum atomic E-state index is 12.3. The number of carbonyl (C=O) groups is 2. The van der Waals surface area contributed by atoms with Crippen LogP contribution < -0.4 is 10.6 Å². The molecule has 0 radical (unpaired) electrons. The SMILES string of the molecule is CCCn1cnnc1CNC(=O)C[C@H]1C(=O)NCCN1CC=C(C)C. The molecule has 1 saturated heterocycles. The van der Waals surface area contributed by atoms with E-state index >= 15 is 0 Å². The van der Waals surface area contributed by atoms with Crippen molar-refractivity contribution in [3.05, 3.63) is 23.8 Å². The van der Waals surface area contributed by atoms with Gasteiger partial charge in [0.1, 0.15) is 6.33 Å². The summed E-state index contributed by atoms with van der Waals surface area (Å²) >= 11 is 0. The molecule has 0 spiro atoms. The maximum Gasteiger partial charge on any atom is 0.237 e. The summed E-state index contributed by atoms with van der Waals surface area (Å²) in [7, 11) is 0. The molecule has 0 aromatic carbocycles. The monoisotopic (exact) mass is 348 g/mol. The van der Waals surface area contributed by atoms with Crippen LogP contribution in [0.1, 0.15) is 39.4 Å². The van der Waals surface area contributed by atoms with E-state index in [1.165, 1.54) is 5.57 Å². The van der Waals surface area contributed by atoms with Crippen molar-refractivity contribution >= 4 is 11.8 Å². The van der Waals surface area contributed by atoms with Crippen LogP contribution >= 0.6 is 0 Å². The molecule has 8 heteroatoms. The van der Waals surface area contributed by atoms with E-state index < -0.39 is 6.04 Å². The minimum absolute atomic E-state index is 0.0855. The quantitative estimate of drug-likeness (QED) is 0.666. The molecule has 1 atom stereocenters. The molecule has 0 bridgehead atoms. The van der Waals surface area contributed by atoms with Crippen LogP contribution in [0.3, 0.4) is 0 Å². The standard InChI is InChI=1S/C17H28N6O2/c1-4-7-23-12-20-21-15(23)11-19-16(24)10-14-17(25)18-6-9-22(14)8-5-13(2)3/h5,12,14H,4,6-11H2,1-3H3,(H,18,25)(H,19,24)/t14-/m0/s1. The molecular formula is C17H28N6O2. The molecule has 1 aromatic rings. The van der Waals surface area contributed by atoms with E-state index in [9.17, 15) is 9.59 Å². The van der Waals surface area contributed by atoms with Gasteiger partial charge < -0.3 is 15.2 Å². The number of rotatable bonds is 8. The summed E-state index contributed by atoms with van der Waals surface area (Å²) in [6, 6.07) is -0.433. The summed E-state index contributed by atoms with van der Waals surface area (Å²) in [5.41, 5.74) is 1.20. The van der Waals surface area contributed by atoms with Crippen molar-refractivity contribution < 1.29 is 9.59 Å². The van der Waals surface area contributed by atoms with Crippen molar-refractivity contribution in [1.29, 1.82) is 0 Å². The Bertz CT molecular complexity index is 620. The third-order valence-corrected chi connectivity index (χ3v) is 4.16. The third-order valence-electron chi connectivity index (χ3n) is 4.16. The van der Waals surface area contributed by atoms with Gasteiger partial charge in [-0.2, -0.15) is 0 Å². The zero-order valence-electron chi connectivity index (χ0n) is 15.3. The first-order valence-electron chi connectivity index (χ1n) is 8.79. The average molecular weight is 348 g/mol. The van der Waals surface area contributed by atoms with Crippen LogP contribution in [-0.2, 0) is 22.7 Å². The predicted molar refractivity (Wildman–Crippen MR) is 94.6 cm³/mol. The molecule has 8 nitrogen and oxygen atoms in total. The third kappa shape index (κ3) is 5.67. The number of nitrogens with one attached hydrogen (secondary N) is 2. The van der Waals surface area contributed by atoms with E-state index in [-0.39, 0.29) is 18.2 Å². The summed E-state index contributed by atoms with van der Waals surface area (Å²) in [6.07, 6.45) is 4.86. The number of allylic oxidation sites excluding steroid dienone is 1. The largest absolute Gasteiger partial charge is 0.353 e. The van der Waals surface area contributed by atoms with Crippen molar-refractivity contribution in [2.24, 2.45) is 0 Å². The summed E-state index contributed by atoms with van der Waals surface area (Å²) in [5, 5.41) is 13.6. The van der Waals surface area contributed by atoms with Crippen LogP contribution in [0.2, 0.25) is 0 Å². The molecule has 0 aliphatic carbocycles. The van der Waals surface area contributed by atoms with Gasteiger partial charge in [-0.1, -0.05) is 18.6 Å². The van der Waals surface area contributed by atoms with Crippen LogP contribution in [0.25, 0.3) is 0 Å². The molecule has 1 aliphatic rings. The van der Waals surface area contributed by atoms with Crippen molar-refractivity contribution in [3.63, 3.8) is 0 Å². The number of piperazine rings is 1. The van der Waals surface area contributed by atoms with Crippen molar-refractivity contribution in [2.45, 2.75) is 52.7 Å². The number of hydrogen-bond acceptors (Lipinski definition) is 5. The van der Waals surface area contributed by atoms with Gasteiger partial charge in [-0.25, -0.2) is 0 Å². The fourth-order valence-electron chi connectivity index (χ4n) is 2.77. The lowest BCUT2D eigenvalue weighted by Gasteiger charge is -2.34. The van der Waals surface area contributed by atoms with Gasteiger partial charge in [-0.3, -0.25) is 14.5 Å². The highest BCUT2D eigenvalue weighted by Crippen LogP contribution is 2.10. The molecule has 138 valence electrons. The molecule has 2 heterocycles. The molecule has 2 N–H and O–H groups in total. The molecule has 1 aromatic heterocycles. The van der Waals surface area contributed by atoms with E-state index in [2.05, 4.69) is 33.8 Å². The highest BCUT2D eigenvalue weighted by molar-refractivity contribution is 5.88. The summed E-state index contributed by atoms with van der Waals surface area (Å²) in [5.74, 6) is 0.484. The van der Waals surface area contributed by atoms with E-state index in [0.717, 1.165) is 25.3 Å². The van der Waals surface area contributed by atoms with Gasteiger partial charge in [-0.05, 0) is 20.3 Å². The molecule has 0 saturated carbocycles. The van der Waals surface area contributed by atoms with E-state index in [1.54, 1.807) is 6.33 Å². The normalized spacial score (nSPS) is 17.9. The smallest absolute Gasteiger partial charge is 0.237 e. The molecule has 2 amide bonds. The summed E-state index contributed by atoms with van der Waals surface area (Å²) in [6.45, 7) is 9.31. The summed E-state index contributed by atoms with van der Waals surface area (Å²) in [4.78, 5) is 26.5. The van der Waals surface area contributed by atoms with Crippen LogP contribution in [-0.4, -0.2) is 57.2 Å². The number of carbonyl (C=O) groups excluding carboxylic acids is 2. The Kier molecular flexibility index (Phi) is 7.12. The Labute approximate surface area is 148 Å². The van der Waals surface area contributed by atoms with Gasteiger partial charge in [-0.15, -0.1) is 10.2 Å². The van der Waals surface area contributed by atoms with E-state index in [0.29, 0.717) is 19.6 Å². The van der Waals surface area contributed by atoms with Gasteiger partial charge in [0, 0.05) is 26.2 Å². The van der Waals surface area contributed by atoms with Gasteiger partial charge in [0.2, 0.25) is 11.8 Å². The fraction of sp³-hybridized carbons (Fsp3) is 0.647. The zero-order valence-corrected chi connectivity index (χ0v) is 15.3. The Balaban J connectivity index is 1.91. The Morgan fingerprint density at radius 3 is 3.00 bits per heavy atom. The second-order valence-corrected chi connectivity index (χ2v) is 6.50. The predicted octanol–water partition coefficient (Wildman–Crippen LogP) is 0.461. The lowest BCUT2D eigenvalue weighted by molar-refractivity contribution is -0.133. The zero-order chi connectivity index (χ0) is 18.2. The van der Waals surface area contributed by atoms with Crippen LogP contribution in [0, 0.1) is 0 Å². The van der Waals surface area contributed by atoms with Crippen LogP contribution in [0.15, 0.2) is 18.0 Å². The van der Waals surface area contributed by atoms with Crippen LogP contribution in [0.5, 0.6) is 0 Å². The minimum Gasteiger partial charge on any atom is -0.353 e. The second-order valence-electron chi connectivity index (χ2n) is 6.50. The van der Waals surface area contributed by atoms with Crippen molar-refractivity contribution in [3.8, 4) is 0 Å². The second kappa shape index (κ2) is 9.31. The van der Waals surface area contributed by atoms with Crippen LogP contribution in [0.4, 0.5) is 0 Å². The average Bonchev–Trinajstić information content (AvgIpc) is 3.01. The van der Waals surface area contributed by atoms with Gasteiger partial charge in [0.05, 0.1) is 19.0 Å². The Morgan fingerprint density at radius 2 is 2.28 bits per heavy atom. The van der Waals surface area contributed by atoms with Crippen molar-refractivity contribution in [1.82, 2.24) is 30.3 Å². The molecule has 2 rings (SSSR count). The molecule has 1 aliphatic heterocycles. The lowest BCUT2D eigenvalue weighted by Crippen LogP contribution is -2.56. The lowest BCUT2D eigenvalue weighted by atomic mass is 10.1. The highest BCUT2D eigenvalue weighted by Gasteiger charge is 2.30. The first kappa shape index (κ1) is 19.1. The number of aromatic nitrogens is 3. The van der Waals surface area contributed by atoms with Gasteiger partial charge in [0.15, 0.2) is 5.82 Å². The first-order valence-corrected chi connectivity index (χ1v) is 8.79. The summed E-state index contributed by atoms with van der Waals surface area (Å²) < 4.78 is 1.93. The van der Waals surface area contributed by atoms with Crippen molar-refractivity contribution in [2.75, 3.05) is 19.6 Å². The fourth-order valence-corrected chi connectivity index (χ4v) is 2.77. The highest BCUT2D eigenvalue weighted by atomic mass is 16.2. The number of amides is 2. The Hall–Kier alpha value is -2.22. The van der Waals surface area contributed by atoms with Gasteiger partial charge in [0.25, 0.3) is 0 Å². The topological polar surface area (TPSA) is 92.1 Å². The molecular weight excluding hydrogens is 320 g/mol. The van der Waals surface area contributed by atoms with E-state index in [4.69, 9.17) is 0 Å². The minimum atomic E-state index is -0.433. The van der Waals surface area contributed by atoms with Gasteiger partial charge >= 0.3 is 0 Å². The number of nitrogens with zero attached hydrogens (tertiary/aromatic N) is 4. The number of hydrogen-bond donors (Lipinski definition) is 2. The molecule has 25 heavy (non-hydrogen) atoms. The Morgan fingerprint density at radius 1 is 1.48 bits per heavy atom. The van der Waals surface area contributed by atoms with E-state index in [1.807, 2.05) is 23.3 Å². The molecule has 0 unspecified atom stereocenters. The maximum absolute atomic E-state index is 12.3. The molecule has 1 fully saturated rings.